The normalized spacial score (nSPS) is 18.6. The zero-order valence-corrected chi connectivity index (χ0v) is 32.2. The van der Waals surface area contributed by atoms with Crippen LogP contribution in [0.1, 0.15) is 34.4 Å². The number of hydrogen-bond acceptors (Lipinski definition) is 12. The number of benzene rings is 2. The number of pyridine rings is 1. The third-order valence-corrected chi connectivity index (χ3v) is 11.8. The van der Waals surface area contributed by atoms with E-state index in [2.05, 4.69) is 53.6 Å². The van der Waals surface area contributed by atoms with E-state index in [4.69, 9.17) is 9.72 Å². The summed E-state index contributed by atoms with van der Waals surface area (Å²) in [6.45, 7) is 11.9. The van der Waals surface area contributed by atoms with Crippen LogP contribution in [0.5, 0.6) is 5.88 Å². The molecule has 2 aromatic carbocycles. The number of nitrogens with one attached hydrogen (secondary N) is 3. The SMILES string of the molecule is Cc1cc(N2CCN(C3CN(C(=O)Cc4ccc(Nc5ncc6c(n5)CN(c5cnc7c(c5C)NCCO7)CC6)cc4F)C3)CC2)ccc1N1CCC(=O)NC1=O. The molecule has 0 saturated carbocycles. The maximum Gasteiger partial charge on any atom is 0.328 e. The van der Waals surface area contributed by atoms with Crippen LogP contribution in [0.25, 0.3) is 0 Å². The molecule has 5 aliphatic heterocycles. The lowest BCUT2D eigenvalue weighted by atomic mass is 10.0. The van der Waals surface area contributed by atoms with Crippen LogP contribution >= 0.6 is 0 Å². The Labute approximate surface area is 330 Å². The lowest BCUT2D eigenvalue weighted by molar-refractivity contribution is -0.138. The van der Waals surface area contributed by atoms with Crippen LogP contribution in [-0.4, -0.2) is 114 Å². The lowest BCUT2D eigenvalue weighted by Gasteiger charge is -2.48. The first kappa shape index (κ1) is 36.6. The van der Waals surface area contributed by atoms with Crippen LogP contribution in [0.2, 0.25) is 0 Å². The summed E-state index contributed by atoms with van der Waals surface area (Å²) in [6.07, 6.45) is 4.79. The van der Waals surface area contributed by atoms with Gasteiger partial charge >= 0.3 is 6.03 Å². The number of nitrogens with zero attached hydrogens (tertiary/aromatic N) is 8. The predicted octanol–water partition coefficient (Wildman–Crippen LogP) is 3.76. The Kier molecular flexibility index (Phi) is 9.72. The smallest absolute Gasteiger partial charge is 0.328 e. The molecule has 15 nitrogen and oxygen atoms in total. The minimum atomic E-state index is -0.448. The van der Waals surface area contributed by atoms with Crippen LogP contribution < -0.4 is 35.4 Å². The summed E-state index contributed by atoms with van der Waals surface area (Å²) in [6, 6.07) is 10.8. The molecule has 2 aromatic heterocycles. The van der Waals surface area contributed by atoms with Gasteiger partial charge in [-0.25, -0.2) is 24.1 Å². The van der Waals surface area contributed by atoms with E-state index in [0.717, 1.165) is 90.8 Å². The fraction of sp³-hybridized carbons (Fsp3) is 0.415. The van der Waals surface area contributed by atoms with Crippen molar-refractivity contribution in [1.82, 2.24) is 30.1 Å². The van der Waals surface area contributed by atoms with E-state index >= 15 is 4.39 Å². The second-order valence-electron chi connectivity index (χ2n) is 15.4. The van der Waals surface area contributed by atoms with E-state index in [9.17, 15) is 14.4 Å². The first-order valence-electron chi connectivity index (χ1n) is 19.7. The Morgan fingerprint density at radius 2 is 1.79 bits per heavy atom. The van der Waals surface area contributed by atoms with E-state index in [1.54, 1.807) is 17.0 Å². The summed E-state index contributed by atoms with van der Waals surface area (Å²) in [4.78, 5) is 61.4. The Morgan fingerprint density at radius 1 is 0.947 bits per heavy atom. The molecule has 16 heteroatoms. The fourth-order valence-corrected chi connectivity index (χ4v) is 8.44. The minimum Gasteiger partial charge on any atom is -0.474 e. The van der Waals surface area contributed by atoms with Gasteiger partial charge in [0.2, 0.25) is 23.6 Å². The van der Waals surface area contributed by atoms with Gasteiger partial charge in [-0.1, -0.05) is 6.07 Å². The molecule has 0 atom stereocenters. The molecule has 296 valence electrons. The second-order valence-corrected chi connectivity index (χ2v) is 15.4. The van der Waals surface area contributed by atoms with Crippen molar-refractivity contribution in [2.45, 2.75) is 45.7 Å². The maximum atomic E-state index is 15.4. The Hall–Kier alpha value is -6.03. The minimum absolute atomic E-state index is 0.00114. The number of halogens is 1. The number of amides is 4. The van der Waals surface area contributed by atoms with Crippen molar-refractivity contribution in [2.24, 2.45) is 0 Å². The molecule has 0 aliphatic carbocycles. The molecule has 4 aromatic rings. The number of aryl methyl sites for hydroxylation is 1. The second kappa shape index (κ2) is 15.1. The third kappa shape index (κ3) is 7.36. The van der Waals surface area contributed by atoms with Gasteiger partial charge in [0.25, 0.3) is 0 Å². The van der Waals surface area contributed by atoms with Gasteiger partial charge in [-0.05, 0) is 67.3 Å². The molecule has 0 spiro atoms. The molecule has 3 fully saturated rings. The molecule has 5 aliphatic rings. The van der Waals surface area contributed by atoms with Crippen LogP contribution in [0.15, 0.2) is 48.8 Å². The van der Waals surface area contributed by atoms with Gasteiger partial charge in [-0.3, -0.25) is 24.7 Å². The molecule has 4 amide bonds. The van der Waals surface area contributed by atoms with Gasteiger partial charge in [0.15, 0.2) is 0 Å². The van der Waals surface area contributed by atoms with Crippen molar-refractivity contribution in [2.75, 3.05) is 90.8 Å². The molecular weight excluding hydrogens is 730 g/mol. The molecule has 0 radical (unpaired) electrons. The molecule has 3 saturated heterocycles. The first-order chi connectivity index (χ1) is 27.7. The number of anilines is 6. The van der Waals surface area contributed by atoms with Crippen LogP contribution in [0, 0.1) is 19.7 Å². The number of rotatable bonds is 8. The highest BCUT2D eigenvalue weighted by atomic mass is 19.1. The zero-order valence-electron chi connectivity index (χ0n) is 32.2. The number of likely N-dealkylation sites (tertiary alicyclic amines) is 1. The average molecular weight is 776 g/mol. The van der Waals surface area contributed by atoms with Crippen molar-refractivity contribution in [1.29, 1.82) is 0 Å². The van der Waals surface area contributed by atoms with Gasteiger partial charge in [0, 0.05) is 100 Å². The molecule has 57 heavy (non-hydrogen) atoms. The third-order valence-electron chi connectivity index (χ3n) is 11.8. The van der Waals surface area contributed by atoms with Gasteiger partial charge in [-0.15, -0.1) is 0 Å². The van der Waals surface area contributed by atoms with E-state index in [0.29, 0.717) is 62.3 Å². The number of hydrogen-bond donors (Lipinski definition) is 3. The standard InChI is InChI=1S/C41H46FN11O4/c1-25-17-30(5-6-34(25)53-11-8-36(54)48-41(53)56)49-12-14-50(15-13-49)31-22-52(23-31)37(55)18-27-3-4-29(19-32(27)42)46-40-45-20-28-7-10-51(24-33(28)47-40)35-21-44-39-38(26(35)2)43-9-16-57-39/h3-6,17,19-21,31,43H,7-16,18,22-24H2,1-2H3,(H,45,46,47)(H,48,54,56). The summed E-state index contributed by atoms with van der Waals surface area (Å²) in [7, 11) is 0. The summed E-state index contributed by atoms with van der Waals surface area (Å²) >= 11 is 0. The highest BCUT2D eigenvalue weighted by Crippen LogP contribution is 2.36. The van der Waals surface area contributed by atoms with Crippen LogP contribution in [0.4, 0.5) is 43.6 Å². The summed E-state index contributed by atoms with van der Waals surface area (Å²) < 4.78 is 21.1. The highest BCUT2D eigenvalue weighted by molar-refractivity contribution is 6.06. The Balaban J connectivity index is 0.750. The maximum absolute atomic E-state index is 15.4. The molecule has 7 heterocycles. The number of aromatic nitrogens is 3. The monoisotopic (exact) mass is 775 g/mol. The van der Waals surface area contributed by atoms with E-state index in [1.807, 2.05) is 36.4 Å². The summed E-state index contributed by atoms with van der Waals surface area (Å²) in [5, 5.41) is 8.95. The molecule has 0 unspecified atom stereocenters. The predicted molar refractivity (Wildman–Crippen MR) is 214 cm³/mol. The first-order valence-corrected chi connectivity index (χ1v) is 19.7. The van der Waals surface area contributed by atoms with Crippen LogP contribution in [-0.2, 0) is 29.0 Å². The lowest BCUT2D eigenvalue weighted by Crippen LogP contribution is -2.64. The van der Waals surface area contributed by atoms with Crippen molar-refractivity contribution in [3.05, 3.63) is 82.6 Å². The number of imide groups is 1. The van der Waals surface area contributed by atoms with E-state index < -0.39 is 5.82 Å². The molecule has 0 bridgehead atoms. The van der Waals surface area contributed by atoms with Gasteiger partial charge < -0.3 is 30.1 Å². The molecule has 9 rings (SSSR count). The fourth-order valence-electron chi connectivity index (χ4n) is 8.44. The van der Waals surface area contributed by atoms with Crippen molar-refractivity contribution < 1.29 is 23.5 Å². The Morgan fingerprint density at radius 3 is 2.58 bits per heavy atom. The quantitative estimate of drug-likeness (QED) is 0.239. The molecule has 3 N–H and O–H groups in total. The number of carbonyl (C=O) groups is 3. The van der Waals surface area contributed by atoms with Crippen molar-refractivity contribution in [3.63, 3.8) is 0 Å². The van der Waals surface area contributed by atoms with Gasteiger partial charge in [0.05, 0.1) is 30.5 Å². The van der Waals surface area contributed by atoms with Crippen molar-refractivity contribution in [3.8, 4) is 5.88 Å². The van der Waals surface area contributed by atoms with Gasteiger partial charge in [-0.2, -0.15) is 0 Å². The molecular formula is C41H46FN11O4. The number of piperazine rings is 1. The van der Waals surface area contributed by atoms with E-state index in [-0.39, 0.29) is 30.3 Å². The van der Waals surface area contributed by atoms with Gasteiger partial charge in [0.1, 0.15) is 18.1 Å². The zero-order chi connectivity index (χ0) is 39.2. The summed E-state index contributed by atoms with van der Waals surface area (Å²) in [5.41, 5.74) is 8.82. The van der Waals surface area contributed by atoms with Crippen LogP contribution in [0.3, 0.4) is 0 Å². The largest absolute Gasteiger partial charge is 0.474 e. The topological polar surface area (TPSA) is 151 Å². The van der Waals surface area contributed by atoms with E-state index in [1.165, 1.54) is 6.07 Å². The highest BCUT2D eigenvalue weighted by Gasteiger charge is 2.36. The van der Waals surface area contributed by atoms with Crippen molar-refractivity contribution >= 4 is 52.2 Å². The average Bonchev–Trinajstić information content (AvgIpc) is 3.19. The number of ether oxygens (including phenoxy) is 1. The number of urea groups is 1. The summed E-state index contributed by atoms with van der Waals surface area (Å²) in [5.74, 6) is 0.249. The Bertz CT molecular complexity index is 2240. The number of fused-ring (bicyclic) bond motifs is 2. The number of carbonyl (C=O) groups excluding carboxylic acids is 3.